The Morgan fingerprint density at radius 3 is 2.01 bits per heavy atom. The maximum Gasteiger partial charge on any atom is 0.290 e. The normalized spacial score (nSPS) is 18.8. The third-order valence-electron chi connectivity index (χ3n) is 11.9. The van der Waals surface area contributed by atoms with Gasteiger partial charge in [-0.15, -0.1) is 0 Å². The van der Waals surface area contributed by atoms with Crippen LogP contribution < -0.4 is 38.6 Å². The minimum Gasteiger partial charge on any atom is -0.483 e. The van der Waals surface area contributed by atoms with E-state index in [1.54, 1.807) is 32.4 Å². The van der Waals surface area contributed by atoms with E-state index in [1.807, 2.05) is 53.5 Å². The molecule has 0 aromatic heterocycles. The zero-order valence-corrected chi connectivity index (χ0v) is 48.0. The molecule has 2 aliphatic carbocycles. The number of carbonyl (C=O) groups excluding carboxylic acids is 5. The molecule has 0 bridgehead atoms. The van der Waals surface area contributed by atoms with Crippen molar-refractivity contribution in [2.75, 3.05) is 85.4 Å². The Morgan fingerprint density at radius 2 is 1.49 bits per heavy atom. The maximum atomic E-state index is 13.1. The molecule has 5 atom stereocenters. The highest BCUT2D eigenvalue weighted by Crippen LogP contribution is 2.48. The smallest absolute Gasteiger partial charge is 0.290 e. The molecule has 1 aromatic carbocycles. The van der Waals surface area contributed by atoms with Gasteiger partial charge in [0.05, 0.1) is 76.0 Å². The first-order valence-corrected chi connectivity index (χ1v) is 26.5. The summed E-state index contributed by atoms with van der Waals surface area (Å²) in [6.45, 7) is 21.3. The fourth-order valence-corrected chi connectivity index (χ4v) is 7.71. The fourth-order valence-electron chi connectivity index (χ4n) is 7.71. The maximum absolute atomic E-state index is 13.1. The topological polar surface area (TPSA) is 348 Å². The van der Waals surface area contributed by atoms with Gasteiger partial charge in [-0.25, -0.2) is 5.84 Å². The summed E-state index contributed by atoms with van der Waals surface area (Å²) in [6.07, 6.45) is 6.84. The molecule has 1 saturated heterocycles. The molecule has 1 heterocycles. The van der Waals surface area contributed by atoms with Crippen molar-refractivity contribution < 1.29 is 72.5 Å². The highest BCUT2D eigenvalue weighted by Gasteiger charge is 2.39. The van der Waals surface area contributed by atoms with Crippen LogP contribution in [0.3, 0.4) is 0 Å². The fraction of sp³-hybridized carbons (Fsp3) is 0.736. The summed E-state index contributed by atoms with van der Waals surface area (Å²) < 4.78 is 30.2. The number of carboxylic acid groups (broad SMARTS) is 1. The van der Waals surface area contributed by atoms with Gasteiger partial charge in [-0.1, -0.05) is 40.7 Å². The van der Waals surface area contributed by atoms with Gasteiger partial charge in [-0.3, -0.25) is 28.8 Å². The van der Waals surface area contributed by atoms with Crippen LogP contribution in [0, 0.1) is 17.8 Å². The van der Waals surface area contributed by atoms with E-state index in [-0.39, 0.29) is 37.9 Å². The van der Waals surface area contributed by atoms with Gasteiger partial charge in [-0.2, -0.15) is 0 Å². The highest BCUT2D eigenvalue weighted by atomic mass is 16.5. The first-order valence-electron chi connectivity index (χ1n) is 26.5. The molecule has 24 heteroatoms. The van der Waals surface area contributed by atoms with Crippen molar-refractivity contribution in [3.05, 3.63) is 40.7 Å². The van der Waals surface area contributed by atoms with Crippen LogP contribution in [0.15, 0.2) is 29.6 Å². The average Bonchev–Trinajstić information content (AvgIpc) is 4.12. The number of aryl methyl sites for hydroxylation is 1. The minimum absolute atomic E-state index is 0.0364. The molecule has 77 heavy (non-hydrogen) atoms. The minimum atomic E-state index is -0.863. The number of hydrogen-bond donors (Lipinski definition) is 10. The van der Waals surface area contributed by atoms with Gasteiger partial charge in [-0.05, 0) is 114 Å². The van der Waals surface area contributed by atoms with Gasteiger partial charge in [0.1, 0.15) is 12.6 Å². The van der Waals surface area contributed by atoms with E-state index < -0.39 is 47.1 Å². The van der Waals surface area contributed by atoms with E-state index in [0.29, 0.717) is 90.7 Å². The molecular formula is C53H97BN8O15. The molecule has 1 saturated carbocycles. The summed E-state index contributed by atoms with van der Waals surface area (Å²) in [5, 5.41) is 37.0. The highest BCUT2D eigenvalue weighted by molar-refractivity contribution is 6.55. The van der Waals surface area contributed by atoms with Gasteiger partial charge in [0.25, 0.3) is 6.47 Å². The molecule has 4 rings (SSSR count). The number of ether oxygens (including phenoxy) is 6. The SMILES string of the molecule is CC.COC.NCCOCCOCCNC=O.O=CO.OC1COCC(O)C1.[B]C(=O)OCc1ccc(NC(=O)CNC(=O)C(NC(=O)CC(C)(C)OCCC(C)(C)N(N)/C2=C(\N)CCC3CC3CC2)C(C)C)cc1CC. The second kappa shape index (κ2) is 43.0. The average molecular weight is 1100 g/mol. The molecule has 1 aliphatic heterocycles. The van der Waals surface area contributed by atoms with Gasteiger partial charge >= 0.3 is 0 Å². The van der Waals surface area contributed by atoms with Crippen LogP contribution in [-0.2, 0) is 65.4 Å². The summed E-state index contributed by atoms with van der Waals surface area (Å²) in [4.78, 5) is 67.9. The largest absolute Gasteiger partial charge is 0.483 e. The summed E-state index contributed by atoms with van der Waals surface area (Å²) >= 11 is 0. The number of nitrogens with zero attached hydrogens (tertiary/aromatic N) is 1. The molecule has 13 N–H and O–H groups in total. The Kier molecular flexibility index (Phi) is 41.4. The number of allylic oxidation sites excluding steroid dienone is 2. The lowest BCUT2D eigenvalue weighted by atomic mass is 9.95. The first kappa shape index (κ1) is 74.2. The predicted octanol–water partition coefficient (Wildman–Crippen LogP) is 3.00. The zero-order chi connectivity index (χ0) is 59.0. The number of carbonyl (C=O) groups is 6. The zero-order valence-electron chi connectivity index (χ0n) is 48.0. The molecule has 1 aromatic rings. The Labute approximate surface area is 459 Å². The Bertz CT molecular complexity index is 1840. The van der Waals surface area contributed by atoms with Crippen LogP contribution in [0.25, 0.3) is 0 Å². The van der Waals surface area contributed by atoms with Crippen molar-refractivity contribution in [2.24, 2.45) is 35.1 Å². The molecular weight excluding hydrogens is 999 g/mol. The van der Waals surface area contributed by atoms with Crippen LogP contribution >= 0.6 is 0 Å². The monoisotopic (exact) mass is 1100 g/mol. The number of aliphatic hydroxyl groups is 2. The molecule has 3 aliphatic rings. The standard InChI is InChI=1S/C36H57BN6O6.C7H16N2O3.C5H10O3.C2H6O.C2H6.CH2O2/c1-8-23-18-27(12-9-26(23)21-48-34(37)47)41-31(45)20-40-33(46)32(22(2)3)42-30(44)19-36(6,7)49-16-15-35(4,5)43(39)29-14-11-25-17-24(25)10-13-28(29)38;8-1-3-11-5-6-12-4-2-9-7-10;6-4-1-5(7)3-8-2-4;1-3-2;1-2;2-1-3/h9,12,18,22,24-25,32H,8,10-11,13-17,19-21,38-39H2,1-7H3,(H,40,46)(H,41,45)(H,42,44);7H,1-6,8H2,(H,9,10);4-7H,1-3H2;1-2H3;1-2H3;1H,(H,2,3)/b29-28-;;;;;. The number of methoxy groups -OCH3 is 1. The van der Waals surface area contributed by atoms with Gasteiger partial charge < -0.3 is 81.5 Å². The Hall–Kier alpha value is -4.92. The van der Waals surface area contributed by atoms with E-state index in [2.05, 4.69) is 39.9 Å². The summed E-state index contributed by atoms with van der Waals surface area (Å²) in [7, 11) is 8.31. The summed E-state index contributed by atoms with van der Waals surface area (Å²) in [6, 6.07) is 4.36. The number of hydrogen-bond acceptors (Lipinski definition) is 18. The Morgan fingerprint density at radius 1 is 0.909 bits per heavy atom. The van der Waals surface area contributed by atoms with Crippen LogP contribution in [0.1, 0.15) is 125 Å². The number of nitrogens with two attached hydrogens (primary N) is 3. The predicted molar refractivity (Wildman–Crippen MR) is 296 cm³/mol. The molecule has 4 amide bonds. The molecule has 5 unspecified atom stereocenters. The summed E-state index contributed by atoms with van der Waals surface area (Å²) in [5.41, 5.74) is 14.6. The lowest BCUT2D eigenvalue weighted by molar-refractivity contribution is -0.134. The number of amides is 4. The van der Waals surface area contributed by atoms with E-state index in [0.717, 1.165) is 60.0 Å². The lowest BCUT2D eigenvalue weighted by Crippen LogP contribution is -2.52. The van der Waals surface area contributed by atoms with Crippen molar-refractivity contribution in [3.8, 4) is 0 Å². The lowest BCUT2D eigenvalue weighted by Gasteiger charge is -2.40. The third kappa shape index (κ3) is 35.3. The number of nitrogens with one attached hydrogen (secondary N) is 4. The molecule has 442 valence electrons. The summed E-state index contributed by atoms with van der Waals surface area (Å²) in [5.74, 6) is 5.97. The van der Waals surface area contributed by atoms with Gasteiger partial charge in [0.2, 0.25) is 37.8 Å². The van der Waals surface area contributed by atoms with Crippen LogP contribution in [0.5, 0.6) is 0 Å². The number of rotatable bonds is 26. The van der Waals surface area contributed by atoms with Crippen molar-refractivity contribution in [2.45, 2.75) is 156 Å². The van der Waals surface area contributed by atoms with E-state index >= 15 is 0 Å². The molecule has 2 radical (unpaired) electrons. The van der Waals surface area contributed by atoms with Gasteiger partial charge in [0, 0.05) is 57.4 Å². The van der Waals surface area contributed by atoms with E-state index in [4.69, 9.17) is 69.0 Å². The first-order chi connectivity index (χ1) is 36.4. The molecule has 2 fully saturated rings. The van der Waals surface area contributed by atoms with E-state index in [1.165, 1.54) is 6.42 Å². The number of aliphatic hydroxyl groups excluding tert-OH is 2. The molecule has 23 nitrogen and oxygen atoms in total. The Balaban J connectivity index is 0. The number of anilines is 1. The number of fused-ring (bicyclic) bond motifs is 1. The third-order valence-corrected chi connectivity index (χ3v) is 11.9. The molecule has 0 spiro atoms. The number of hydrazine groups is 1. The van der Waals surface area contributed by atoms with Crippen LogP contribution in [0.4, 0.5) is 10.5 Å². The quantitative estimate of drug-likeness (QED) is 0.0210. The second-order valence-electron chi connectivity index (χ2n) is 19.7. The van der Waals surface area contributed by atoms with Crippen LogP contribution in [0.2, 0.25) is 0 Å². The van der Waals surface area contributed by atoms with Crippen molar-refractivity contribution in [1.82, 2.24) is 21.0 Å². The van der Waals surface area contributed by atoms with Crippen molar-refractivity contribution in [1.29, 1.82) is 0 Å². The van der Waals surface area contributed by atoms with Crippen molar-refractivity contribution in [3.63, 3.8) is 0 Å². The van der Waals surface area contributed by atoms with Gasteiger partial charge in [0.15, 0.2) is 0 Å². The second-order valence-corrected chi connectivity index (χ2v) is 19.7. The van der Waals surface area contributed by atoms with E-state index in [9.17, 15) is 24.0 Å². The van der Waals surface area contributed by atoms with Crippen molar-refractivity contribution >= 4 is 50.0 Å². The van der Waals surface area contributed by atoms with Crippen LogP contribution in [-0.4, -0.2) is 174 Å². The number of benzene rings is 1.